The Kier molecular flexibility index (Phi) is 3.79. The highest BCUT2D eigenvalue weighted by molar-refractivity contribution is 5.82. The molecule has 0 saturated carbocycles. The molecule has 20 heavy (non-hydrogen) atoms. The van der Waals surface area contributed by atoms with E-state index in [1.807, 2.05) is 0 Å². The molecular weight excluding hydrogens is 260 g/mol. The Morgan fingerprint density at radius 3 is 2.30 bits per heavy atom. The summed E-state index contributed by atoms with van der Waals surface area (Å²) in [5.41, 5.74) is 1.44. The zero-order chi connectivity index (χ0) is 14.7. The summed E-state index contributed by atoms with van der Waals surface area (Å²) in [5.74, 6) is 0.449. The maximum Gasteiger partial charge on any atom is 0.161 e. The number of phenolic OH excluding ortho intramolecular Hbond substituents is 2. The Hall–Kier alpha value is -2.69. The third-order valence-corrected chi connectivity index (χ3v) is 2.91. The van der Waals surface area contributed by atoms with Crippen LogP contribution in [0.15, 0.2) is 30.3 Å². The molecule has 2 rings (SSSR count). The maximum absolute atomic E-state index is 10.9. The van der Waals surface area contributed by atoms with E-state index < -0.39 is 0 Å². The molecule has 5 heteroatoms. The molecule has 0 aliphatic carbocycles. The molecule has 0 aliphatic heterocycles. The Balaban J connectivity index is 2.64. The van der Waals surface area contributed by atoms with Gasteiger partial charge in [0.1, 0.15) is 17.8 Å². The molecule has 0 bridgehead atoms. The first-order valence-corrected chi connectivity index (χ1v) is 5.83. The number of rotatable bonds is 4. The Bertz CT molecular complexity index is 649. The van der Waals surface area contributed by atoms with Crippen LogP contribution >= 0.6 is 0 Å². The Morgan fingerprint density at radius 1 is 0.950 bits per heavy atom. The second-order valence-electron chi connectivity index (χ2n) is 4.15. The molecule has 0 radical (unpaired) electrons. The lowest BCUT2D eigenvalue weighted by molar-refractivity contribution is 0.112. The van der Waals surface area contributed by atoms with Gasteiger partial charge in [-0.3, -0.25) is 4.79 Å². The van der Waals surface area contributed by atoms with E-state index in [4.69, 9.17) is 9.47 Å². The lowest BCUT2D eigenvalue weighted by atomic mass is 10.0. The highest BCUT2D eigenvalue weighted by Crippen LogP contribution is 2.39. The summed E-state index contributed by atoms with van der Waals surface area (Å²) in [6.45, 7) is 0. The molecule has 0 unspecified atom stereocenters. The van der Waals surface area contributed by atoms with E-state index >= 15 is 0 Å². The van der Waals surface area contributed by atoms with Crippen LogP contribution in [0.5, 0.6) is 23.0 Å². The van der Waals surface area contributed by atoms with Gasteiger partial charge in [0.05, 0.1) is 14.2 Å². The Morgan fingerprint density at radius 2 is 1.70 bits per heavy atom. The molecule has 0 spiro atoms. The van der Waals surface area contributed by atoms with Crippen molar-refractivity contribution in [1.29, 1.82) is 0 Å². The smallest absolute Gasteiger partial charge is 0.161 e. The number of benzene rings is 2. The number of phenols is 2. The largest absolute Gasteiger partial charge is 0.507 e. The van der Waals surface area contributed by atoms with Gasteiger partial charge in [-0.05, 0) is 29.8 Å². The Labute approximate surface area is 116 Å². The number of carbonyl (C=O) groups is 1. The normalized spacial score (nSPS) is 10.1. The fraction of sp³-hybridized carbons (Fsp3) is 0.133. The molecule has 0 heterocycles. The summed E-state index contributed by atoms with van der Waals surface area (Å²) >= 11 is 0. The molecule has 5 nitrogen and oxygen atoms in total. The number of ether oxygens (including phenoxy) is 2. The van der Waals surface area contributed by atoms with Gasteiger partial charge in [-0.15, -0.1) is 0 Å². The molecule has 0 saturated heterocycles. The first kappa shape index (κ1) is 13.7. The van der Waals surface area contributed by atoms with Gasteiger partial charge in [0, 0.05) is 17.2 Å². The van der Waals surface area contributed by atoms with Gasteiger partial charge in [0.15, 0.2) is 11.5 Å². The highest BCUT2D eigenvalue weighted by atomic mass is 16.5. The zero-order valence-corrected chi connectivity index (χ0v) is 11.1. The number of aromatic hydroxyl groups is 2. The molecule has 0 fully saturated rings. The minimum atomic E-state index is -0.160. The van der Waals surface area contributed by atoms with E-state index in [0.717, 1.165) is 0 Å². The van der Waals surface area contributed by atoms with Crippen molar-refractivity contribution < 1.29 is 24.5 Å². The summed E-state index contributed by atoms with van der Waals surface area (Å²) in [5, 5.41) is 19.5. The summed E-state index contributed by atoms with van der Waals surface area (Å²) in [6, 6.07) is 7.56. The highest BCUT2D eigenvalue weighted by Gasteiger charge is 2.12. The van der Waals surface area contributed by atoms with E-state index in [1.54, 1.807) is 18.2 Å². The van der Waals surface area contributed by atoms with Gasteiger partial charge in [0.25, 0.3) is 0 Å². The van der Waals surface area contributed by atoms with Crippen LogP contribution in [-0.4, -0.2) is 30.7 Å². The average molecular weight is 274 g/mol. The maximum atomic E-state index is 10.9. The number of hydrogen-bond acceptors (Lipinski definition) is 5. The van der Waals surface area contributed by atoms with Crippen molar-refractivity contribution in [2.45, 2.75) is 0 Å². The first-order valence-electron chi connectivity index (χ1n) is 5.83. The summed E-state index contributed by atoms with van der Waals surface area (Å²) in [7, 11) is 2.91. The molecule has 2 aromatic rings. The van der Waals surface area contributed by atoms with Gasteiger partial charge in [-0.2, -0.15) is 0 Å². The fourth-order valence-corrected chi connectivity index (χ4v) is 1.92. The first-order chi connectivity index (χ1) is 9.58. The van der Waals surface area contributed by atoms with Crippen LogP contribution in [0.25, 0.3) is 11.1 Å². The average Bonchev–Trinajstić information content (AvgIpc) is 2.46. The van der Waals surface area contributed by atoms with Crippen molar-refractivity contribution in [2.75, 3.05) is 14.2 Å². The monoisotopic (exact) mass is 274 g/mol. The number of aldehydes is 1. The van der Waals surface area contributed by atoms with Gasteiger partial charge in [-0.1, -0.05) is 0 Å². The summed E-state index contributed by atoms with van der Waals surface area (Å²) < 4.78 is 10.1. The predicted molar refractivity (Wildman–Crippen MR) is 73.7 cm³/mol. The molecule has 2 aromatic carbocycles. The minimum Gasteiger partial charge on any atom is -0.507 e. The molecule has 0 amide bonds. The lowest BCUT2D eigenvalue weighted by Crippen LogP contribution is -1.90. The zero-order valence-electron chi connectivity index (χ0n) is 11.1. The van der Waals surface area contributed by atoms with E-state index in [1.165, 1.54) is 26.4 Å². The van der Waals surface area contributed by atoms with Gasteiger partial charge >= 0.3 is 0 Å². The van der Waals surface area contributed by atoms with Gasteiger partial charge in [-0.25, -0.2) is 0 Å². The number of methoxy groups -OCH3 is 2. The summed E-state index contributed by atoms with van der Waals surface area (Å²) in [6.07, 6.45) is 0.695. The number of hydrogen-bond donors (Lipinski definition) is 2. The molecule has 0 aromatic heterocycles. The van der Waals surface area contributed by atoms with Crippen molar-refractivity contribution in [3.63, 3.8) is 0 Å². The topological polar surface area (TPSA) is 76.0 Å². The van der Waals surface area contributed by atoms with Crippen molar-refractivity contribution >= 4 is 6.29 Å². The van der Waals surface area contributed by atoms with E-state index in [0.29, 0.717) is 28.7 Å². The third kappa shape index (κ3) is 2.51. The third-order valence-electron chi connectivity index (χ3n) is 2.91. The van der Waals surface area contributed by atoms with E-state index in [2.05, 4.69) is 0 Å². The van der Waals surface area contributed by atoms with Crippen LogP contribution in [-0.2, 0) is 0 Å². The van der Waals surface area contributed by atoms with Crippen molar-refractivity contribution in [3.8, 4) is 34.1 Å². The van der Waals surface area contributed by atoms with Crippen LogP contribution in [0, 0.1) is 0 Å². The summed E-state index contributed by atoms with van der Waals surface area (Å²) in [4.78, 5) is 10.9. The van der Waals surface area contributed by atoms with Crippen LogP contribution in [0.2, 0.25) is 0 Å². The standard InChI is InChI=1S/C15H14O5/c1-19-11-4-9(8-16)3-10(5-11)12-6-15(20-2)14(18)7-13(12)17/h3-8,17-18H,1-2H3. The van der Waals surface area contributed by atoms with Crippen LogP contribution in [0.3, 0.4) is 0 Å². The van der Waals surface area contributed by atoms with Crippen LogP contribution in [0.4, 0.5) is 0 Å². The van der Waals surface area contributed by atoms with Gasteiger partial charge < -0.3 is 19.7 Å². The van der Waals surface area contributed by atoms with Crippen LogP contribution < -0.4 is 9.47 Å². The quantitative estimate of drug-likeness (QED) is 0.838. The molecule has 2 N–H and O–H groups in total. The fourth-order valence-electron chi connectivity index (χ4n) is 1.92. The van der Waals surface area contributed by atoms with Gasteiger partial charge in [0.2, 0.25) is 0 Å². The SMILES string of the molecule is COc1cc(C=O)cc(-c2cc(OC)c(O)cc2O)c1. The van der Waals surface area contributed by atoms with Crippen LogP contribution in [0.1, 0.15) is 10.4 Å². The predicted octanol–water partition coefficient (Wildman–Crippen LogP) is 2.59. The van der Waals surface area contributed by atoms with E-state index in [9.17, 15) is 15.0 Å². The minimum absolute atomic E-state index is 0.117. The second-order valence-corrected chi connectivity index (χ2v) is 4.15. The molecule has 0 atom stereocenters. The van der Waals surface area contributed by atoms with E-state index in [-0.39, 0.29) is 17.2 Å². The van der Waals surface area contributed by atoms with Crippen molar-refractivity contribution in [1.82, 2.24) is 0 Å². The molecule has 0 aliphatic rings. The molecule has 104 valence electrons. The molecular formula is C15H14O5. The lowest BCUT2D eigenvalue weighted by Gasteiger charge is -2.11. The van der Waals surface area contributed by atoms with Crippen molar-refractivity contribution in [2.24, 2.45) is 0 Å². The van der Waals surface area contributed by atoms with Crippen molar-refractivity contribution in [3.05, 3.63) is 35.9 Å². The number of carbonyl (C=O) groups excluding carboxylic acids is 1. The second kappa shape index (κ2) is 5.52.